The molecule has 0 aliphatic carbocycles. The second-order valence-corrected chi connectivity index (χ2v) is 12.3. The number of esters is 1. The van der Waals surface area contributed by atoms with Crippen molar-refractivity contribution in [2.75, 3.05) is 11.9 Å². The first-order valence-electron chi connectivity index (χ1n) is 15.5. The summed E-state index contributed by atoms with van der Waals surface area (Å²) in [5.41, 5.74) is 1.27. The molecule has 0 saturated carbocycles. The molecule has 0 bridgehead atoms. The van der Waals surface area contributed by atoms with Crippen LogP contribution in [0.4, 0.5) is 5.69 Å². The van der Waals surface area contributed by atoms with Gasteiger partial charge in [0.15, 0.2) is 6.10 Å². The molecule has 18 heteroatoms. The van der Waals surface area contributed by atoms with Crippen molar-refractivity contribution in [1.29, 1.82) is 0 Å². The number of carboxylic acids is 1. The fourth-order valence-electron chi connectivity index (χ4n) is 5.30. The monoisotopic (exact) mass is 694 g/mol. The van der Waals surface area contributed by atoms with Crippen LogP contribution < -0.4 is 16.0 Å². The Morgan fingerprint density at radius 2 is 1.63 bits per heavy atom. The molecule has 0 radical (unpaired) electrons. The van der Waals surface area contributed by atoms with E-state index in [1.165, 1.54) is 26.0 Å². The largest absolute Gasteiger partial charge is 0.479 e. The van der Waals surface area contributed by atoms with Crippen molar-refractivity contribution >= 4 is 47.2 Å². The van der Waals surface area contributed by atoms with Crippen LogP contribution in [-0.2, 0) is 56.1 Å². The minimum Gasteiger partial charge on any atom is -0.479 e. The maximum atomic E-state index is 13.1. The number of aliphatic hydroxyl groups excluding tert-OH is 4. The third-order valence-corrected chi connectivity index (χ3v) is 8.10. The number of carboxylic acid groups (broad SMARTS) is 1. The fourth-order valence-corrected chi connectivity index (χ4v) is 5.30. The number of likely N-dealkylation sites (tertiary alicyclic amines) is 1. The van der Waals surface area contributed by atoms with Crippen LogP contribution in [0.1, 0.15) is 51.7 Å². The molecule has 3 rings (SSSR count). The predicted molar refractivity (Wildman–Crippen MR) is 165 cm³/mol. The maximum absolute atomic E-state index is 13.1. The van der Waals surface area contributed by atoms with Crippen molar-refractivity contribution in [3.63, 3.8) is 0 Å². The Bertz CT molecular complexity index is 1450. The Labute approximate surface area is 280 Å². The number of carbonyl (C=O) groups excluding carboxylic acids is 6. The van der Waals surface area contributed by atoms with E-state index in [1.54, 1.807) is 19.9 Å². The lowest BCUT2D eigenvalue weighted by atomic mass is 9.91. The van der Waals surface area contributed by atoms with Crippen LogP contribution in [0.2, 0.25) is 0 Å². The molecule has 5 amide bonds. The highest BCUT2D eigenvalue weighted by Crippen LogP contribution is 2.27. The van der Waals surface area contributed by atoms with Crippen LogP contribution >= 0.6 is 0 Å². The second-order valence-electron chi connectivity index (χ2n) is 12.3. The molecule has 18 nitrogen and oxygen atoms in total. The van der Waals surface area contributed by atoms with E-state index in [0.29, 0.717) is 16.0 Å². The average molecular weight is 695 g/mol. The maximum Gasteiger partial charge on any atom is 0.335 e. The van der Waals surface area contributed by atoms with Crippen LogP contribution in [0.15, 0.2) is 18.2 Å². The number of hydrogen-bond donors (Lipinski definition) is 8. The van der Waals surface area contributed by atoms with E-state index >= 15 is 0 Å². The highest BCUT2D eigenvalue weighted by Gasteiger charge is 2.46. The summed E-state index contributed by atoms with van der Waals surface area (Å²) >= 11 is 0. The molecule has 2 fully saturated rings. The summed E-state index contributed by atoms with van der Waals surface area (Å²) in [6.07, 6.45) is -10.1. The van der Waals surface area contributed by atoms with E-state index in [4.69, 9.17) is 9.47 Å². The van der Waals surface area contributed by atoms with Crippen molar-refractivity contribution in [1.82, 2.24) is 15.5 Å². The molecule has 2 aliphatic heterocycles. The average Bonchev–Trinajstić information content (AvgIpc) is 3.26. The number of rotatable bonds is 14. The SMILES string of the molecule is CC(=O)OCc1ccc(NC(=O)[C@H](C)NC(=O)[C@@H](NC(=O)CN2C(=O)CC(O)C2=O)C(C)C)cc1CC[C@@H]1O[C@H](C(=O)O)[C@@H](O)[C@H](O)[C@H]1O. The standard InChI is InChI=1S/C31H42N4O14/c1-13(2)23(34-21(38)11-35-22(39)10-19(37)30(35)45)29(44)32-14(3)28(43)33-18-7-5-17(12-48-15(4)36)16(9-18)6-8-20-24(40)25(41)26(42)27(49-20)31(46)47/h5,7,9,13-14,19-20,23-27,37,40-42H,6,8,10-12H2,1-4H3,(H,32,44)(H,33,43)(H,34,38)(H,46,47)/t14-,19?,20-,23-,24-,25+,26-,27-/m0/s1. The summed E-state index contributed by atoms with van der Waals surface area (Å²) in [6.45, 7) is 5.03. The van der Waals surface area contributed by atoms with Crippen LogP contribution in [-0.4, -0.2) is 127 Å². The molecule has 2 heterocycles. The molecule has 0 spiro atoms. The lowest BCUT2D eigenvalue weighted by Crippen LogP contribution is -2.59. The normalized spacial score (nSPS) is 25.0. The summed E-state index contributed by atoms with van der Waals surface area (Å²) < 4.78 is 10.5. The van der Waals surface area contributed by atoms with Gasteiger partial charge in [-0.1, -0.05) is 19.9 Å². The van der Waals surface area contributed by atoms with E-state index in [-0.39, 0.29) is 25.1 Å². The van der Waals surface area contributed by atoms with Crippen LogP contribution in [0.25, 0.3) is 0 Å². The zero-order chi connectivity index (χ0) is 36.7. The Morgan fingerprint density at radius 3 is 2.20 bits per heavy atom. The van der Waals surface area contributed by atoms with Gasteiger partial charge in [-0.2, -0.15) is 0 Å². The molecule has 1 aromatic carbocycles. The number of imide groups is 1. The predicted octanol–water partition coefficient (Wildman–Crippen LogP) is -2.68. The summed E-state index contributed by atoms with van der Waals surface area (Å²) in [6, 6.07) is 2.34. The van der Waals surface area contributed by atoms with Crippen LogP contribution in [0, 0.1) is 5.92 Å². The third-order valence-electron chi connectivity index (χ3n) is 8.10. The second kappa shape index (κ2) is 16.8. The van der Waals surface area contributed by atoms with Gasteiger partial charge in [-0.3, -0.25) is 33.7 Å². The number of carbonyl (C=O) groups is 7. The first-order chi connectivity index (χ1) is 22.9. The number of benzene rings is 1. The highest BCUT2D eigenvalue weighted by atomic mass is 16.6. The van der Waals surface area contributed by atoms with Crippen molar-refractivity contribution < 1.29 is 68.6 Å². The van der Waals surface area contributed by atoms with E-state index < -0.39 is 109 Å². The minimum absolute atomic E-state index is 0.0331. The van der Waals surface area contributed by atoms with E-state index in [1.807, 2.05) is 0 Å². The molecule has 8 atom stereocenters. The van der Waals surface area contributed by atoms with E-state index in [0.717, 1.165) is 0 Å². The summed E-state index contributed by atoms with van der Waals surface area (Å²) in [4.78, 5) is 86.1. The lowest BCUT2D eigenvalue weighted by Gasteiger charge is -2.39. The van der Waals surface area contributed by atoms with Gasteiger partial charge in [-0.15, -0.1) is 0 Å². The number of hydrogen-bond acceptors (Lipinski definition) is 13. The third kappa shape index (κ3) is 10.0. The van der Waals surface area contributed by atoms with Gasteiger partial charge in [0.25, 0.3) is 5.91 Å². The molecular formula is C31H42N4O14. The topological polar surface area (TPSA) is 278 Å². The molecule has 1 aromatic rings. The zero-order valence-electron chi connectivity index (χ0n) is 27.3. The van der Waals surface area contributed by atoms with Crippen LogP contribution in [0.5, 0.6) is 0 Å². The molecular weight excluding hydrogens is 652 g/mol. The molecule has 2 aliphatic rings. The summed E-state index contributed by atoms with van der Waals surface area (Å²) in [7, 11) is 0. The Morgan fingerprint density at radius 1 is 0.959 bits per heavy atom. The summed E-state index contributed by atoms with van der Waals surface area (Å²) in [5.74, 6) is -6.39. The van der Waals surface area contributed by atoms with Gasteiger partial charge < -0.3 is 51.0 Å². The van der Waals surface area contributed by atoms with E-state index in [9.17, 15) is 59.1 Å². The van der Waals surface area contributed by atoms with Gasteiger partial charge in [0, 0.05) is 12.6 Å². The Kier molecular flexibility index (Phi) is 13.3. The first kappa shape index (κ1) is 39.0. The van der Waals surface area contributed by atoms with Gasteiger partial charge in [-0.05, 0) is 48.9 Å². The minimum atomic E-state index is -1.85. The molecule has 270 valence electrons. The van der Waals surface area contributed by atoms with Gasteiger partial charge >= 0.3 is 11.9 Å². The smallest absolute Gasteiger partial charge is 0.335 e. The fraction of sp³-hybridized carbons (Fsp3) is 0.581. The zero-order valence-corrected chi connectivity index (χ0v) is 27.3. The number of ether oxygens (including phenoxy) is 2. The van der Waals surface area contributed by atoms with Crippen molar-refractivity contribution in [3.05, 3.63) is 29.3 Å². The quantitative estimate of drug-likeness (QED) is 0.0728. The number of nitrogens with zero attached hydrogens (tertiary/aromatic N) is 1. The lowest BCUT2D eigenvalue weighted by molar-refractivity contribution is -0.228. The number of aliphatic hydroxyl groups is 4. The van der Waals surface area contributed by atoms with Crippen molar-refractivity contribution in [2.45, 2.75) is 102 Å². The van der Waals surface area contributed by atoms with Crippen molar-refractivity contribution in [3.8, 4) is 0 Å². The van der Waals surface area contributed by atoms with Crippen molar-refractivity contribution in [2.24, 2.45) is 5.92 Å². The highest BCUT2D eigenvalue weighted by molar-refractivity contribution is 6.07. The van der Waals surface area contributed by atoms with Gasteiger partial charge in [0.2, 0.25) is 23.6 Å². The first-order valence-corrected chi connectivity index (χ1v) is 15.5. The molecule has 1 unspecified atom stereocenters. The number of amides is 5. The molecule has 8 N–H and O–H groups in total. The van der Waals surface area contributed by atoms with Gasteiger partial charge in [0.05, 0.1) is 12.5 Å². The summed E-state index contributed by atoms with van der Waals surface area (Å²) in [5, 5.41) is 57.0. The number of aryl methyl sites for hydroxylation is 1. The molecule has 2 saturated heterocycles. The van der Waals surface area contributed by atoms with Crippen LogP contribution in [0.3, 0.4) is 0 Å². The Hall–Kier alpha value is -4.49. The Balaban J connectivity index is 1.67. The molecule has 49 heavy (non-hydrogen) atoms. The molecule has 0 aromatic heterocycles. The van der Waals surface area contributed by atoms with Gasteiger partial charge in [0.1, 0.15) is 49.7 Å². The van der Waals surface area contributed by atoms with E-state index in [2.05, 4.69) is 16.0 Å². The van der Waals surface area contributed by atoms with Gasteiger partial charge in [-0.25, -0.2) is 4.79 Å². The number of nitrogens with one attached hydrogen (secondary N) is 3. The number of aliphatic carboxylic acids is 1. The number of anilines is 1.